The van der Waals surface area contributed by atoms with E-state index in [2.05, 4.69) is 96.9 Å². The standard InChI is InChI=1S/C50H90O8Si2/c1-17-21-25-31(5)39-29-41(33(7)27-23-19-3)43(35(39)9)45(51)59-53-37(11)47(13,55-59)49(15,57-59)50(16)48(14)38(12)54-60(56-48,58-50)46(52)44-36(10)40(32(6)26-22-18-2)30-42(44)34(8)28-24-20-4/h31-44H,17-30H2,1-16H3/t31-,32-,33+,34+,35?,36?,37?,38?,39?,40?,41?,42?,43?,44?,47?,48?,49?,50?,59?,60?/m0/s1. The zero-order chi connectivity index (χ0) is 44.4. The van der Waals surface area contributed by atoms with Gasteiger partial charge in [0.05, 0.1) is 12.2 Å². The maximum atomic E-state index is 15.7. The Balaban J connectivity index is 1.34. The largest absolute Gasteiger partial charge is 0.576 e. The number of carbonyl (C=O) groups is 2. The Morgan fingerprint density at radius 2 is 0.783 bits per heavy atom. The lowest BCUT2D eigenvalue weighted by Gasteiger charge is -2.57. The summed E-state index contributed by atoms with van der Waals surface area (Å²) < 4.78 is 42.9. The summed E-state index contributed by atoms with van der Waals surface area (Å²) in [7, 11) is -7.93. The Kier molecular flexibility index (Phi) is 14.8. The molecule has 0 N–H and O–H groups in total. The molecule has 0 radical (unpaired) electrons. The molecule has 8 nitrogen and oxygen atoms in total. The van der Waals surface area contributed by atoms with Crippen molar-refractivity contribution in [2.75, 3.05) is 0 Å². The molecule has 16 unspecified atom stereocenters. The van der Waals surface area contributed by atoms with Crippen molar-refractivity contribution in [3.63, 3.8) is 0 Å². The van der Waals surface area contributed by atoms with Crippen molar-refractivity contribution in [1.29, 1.82) is 0 Å². The van der Waals surface area contributed by atoms with Crippen LogP contribution in [0.1, 0.15) is 201 Å². The van der Waals surface area contributed by atoms with Crippen LogP contribution in [0.25, 0.3) is 0 Å². The van der Waals surface area contributed by atoms with Crippen molar-refractivity contribution in [2.45, 2.75) is 235 Å². The summed E-state index contributed by atoms with van der Waals surface area (Å²) in [6.07, 6.45) is 15.3. The Morgan fingerprint density at radius 3 is 1.07 bits per heavy atom. The van der Waals surface area contributed by atoms with Crippen molar-refractivity contribution in [3.05, 3.63) is 0 Å². The molecule has 6 fully saturated rings. The van der Waals surface area contributed by atoms with Gasteiger partial charge in [0.15, 0.2) is 0 Å². The summed E-state index contributed by atoms with van der Waals surface area (Å²) in [6, 6.07) is 0. The van der Waals surface area contributed by atoms with Crippen LogP contribution in [0.4, 0.5) is 0 Å². The Morgan fingerprint density at radius 1 is 0.500 bits per heavy atom. The Hall–Kier alpha value is -0.466. The van der Waals surface area contributed by atoms with Crippen molar-refractivity contribution in [1.82, 2.24) is 0 Å². The lowest BCUT2D eigenvalue weighted by molar-refractivity contribution is -0.236. The molecular formula is C50H90O8Si2. The van der Waals surface area contributed by atoms with E-state index in [1.54, 1.807) is 0 Å². The van der Waals surface area contributed by atoms with Crippen molar-refractivity contribution in [2.24, 2.45) is 71.0 Å². The van der Waals surface area contributed by atoms with Crippen LogP contribution < -0.4 is 0 Å². The molecule has 2 saturated carbocycles. The van der Waals surface area contributed by atoms with E-state index in [1.807, 2.05) is 13.8 Å². The van der Waals surface area contributed by atoms with Crippen molar-refractivity contribution in [3.8, 4) is 0 Å². The lowest BCUT2D eigenvalue weighted by atomic mass is 9.63. The summed E-state index contributed by atoms with van der Waals surface area (Å²) in [4.78, 5) is 31.3. The van der Waals surface area contributed by atoms with Gasteiger partial charge in [-0.05, 0) is 114 Å². The minimum Gasteiger partial charge on any atom is -0.362 e. The minimum atomic E-state index is -3.96. The van der Waals surface area contributed by atoms with Crippen LogP contribution in [0.2, 0.25) is 0 Å². The average Bonchev–Trinajstić information content (AvgIpc) is 3.99. The first kappa shape index (κ1) is 49.0. The first-order chi connectivity index (χ1) is 28.1. The highest BCUT2D eigenvalue weighted by molar-refractivity contribution is 6.94. The maximum Gasteiger partial charge on any atom is 0.576 e. The van der Waals surface area contributed by atoms with E-state index in [0.29, 0.717) is 35.5 Å². The van der Waals surface area contributed by atoms with Crippen molar-refractivity contribution < 1.29 is 36.1 Å². The van der Waals surface area contributed by atoms with Gasteiger partial charge in [0.1, 0.15) is 22.4 Å². The number of rotatable bonds is 21. The van der Waals surface area contributed by atoms with Crippen molar-refractivity contribution >= 4 is 28.4 Å². The summed E-state index contributed by atoms with van der Waals surface area (Å²) >= 11 is 0. The number of hydrogen-bond acceptors (Lipinski definition) is 8. The number of unbranched alkanes of at least 4 members (excludes halogenated alkanes) is 4. The SMILES string of the molecule is CCCC[C@@H](C)C1CC([C@@H](C)CCCC)C(C)C1C(=O)[Si]12OC(C)C(C)(O1)C(C)(C1(C)O[Si]3(C(=O)C4C(C)C([C@@H](C)CCCC)CC4[C@H](C)CCCC)OC(C)C1(C)O3)O2. The predicted octanol–water partition coefficient (Wildman–Crippen LogP) is 12.1. The second kappa shape index (κ2) is 18.1. The molecule has 346 valence electrons. The van der Waals surface area contributed by atoms with Crippen LogP contribution in [0, 0.1) is 71.0 Å². The third kappa shape index (κ3) is 7.50. The molecule has 4 aliphatic heterocycles. The maximum absolute atomic E-state index is 15.7. The highest BCUT2D eigenvalue weighted by atomic mass is 28.4. The molecule has 0 amide bonds. The molecule has 2 aliphatic carbocycles. The molecule has 60 heavy (non-hydrogen) atoms. The third-order valence-electron chi connectivity index (χ3n) is 19.1. The van der Waals surface area contributed by atoms with Crippen LogP contribution in [-0.4, -0.2) is 63.0 Å². The van der Waals surface area contributed by atoms with Gasteiger partial charge in [-0.15, -0.1) is 0 Å². The van der Waals surface area contributed by atoms with E-state index in [9.17, 15) is 0 Å². The van der Waals surface area contributed by atoms with Gasteiger partial charge in [0, 0.05) is 11.8 Å². The zero-order valence-electron chi connectivity index (χ0n) is 41.2. The third-order valence-corrected chi connectivity index (χ3v) is 25.0. The number of hydrogen-bond donors (Lipinski definition) is 0. The molecule has 0 aromatic rings. The zero-order valence-corrected chi connectivity index (χ0v) is 43.2. The van der Waals surface area contributed by atoms with E-state index in [1.165, 1.54) is 38.5 Å². The molecular weight excluding hydrogens is 785 g/mol. The van der Waals surface area contributed by atoms with Gasteiger partial charge in [-0.1, -0.05) is 146 Å². The quantitative estimate of drug-likeness (QED) is 0.105. The molecule has 4 heterocycles. The molecule has 6 aliphatic rings. The summed E-state index contributed by atoms with van der Waals surface area (Å²) in [5.74, 6) is 3.41. The number of carbonyl (C=O) groups excluding carboxylic acids is 2. The van der Waals surface area contributed by atoms with E-state index < -0.39 is 52.2 Å². The fraction of sp³-hybridized carbons (Fsp3) is 0.960. The van der Waals surface area contributed by atoms with Crippen LogP contribution in [0.5, 0.6) is 0 Å². The Labute approximate surface area is 369 Å². The molecule has 6 rings (SSSR count). The Bertz CT molecular complexity index is 1420. The minimum absolute atomic E-state index is 0.0601. The predicted molar refractivity (Wildman–Crippen MR) is 244 cm³/mol. The summed E-state index contributed by atoms with van der Waals surface area (Å²) in [5, 5.41) is 0.120. The lowest BCUT2D eigenvalue weighted by Crippen LogP contribution is -2.77. The highest BCUT2D eigenvalue weighted by Gasteiger charge is 2.90. The molecule has 10 heteroatoms. The van der Waals surface area contributed by atoms with Gasteiger partial charge in [-0.3, -0.25) is 9.59 Å². The van der Waals surface area contributed by atoms with Gasteiger partial charge < -0.3 is 26.6 Å². The molecule has 0 aromatic heterocycles. The fourth-order valence-corrected chi connectivity index (χ4v) is 22.1. The first-order valence-electron chi connectivity index (χ1n) is 25.4. The molecule has 20 atom stereocenters. The van der Waals surface area contributed by atoms with Gasteiger partial charge >= 0.3 is 17.6 Å². The van der Waals surface area contributed by atoms with E-state index in [0.717, 1.165) is 51.4 Å². The van der Waals surface area contributed by atoms with E-state index >= 15 is 9.59 Å². The smallest absolute Gasteiger partial charge is 0.362 e. The van der Waals surface area contributed by atoms with Gasteiger partial charge in [0.2, 0.25) is 10.8 Å². The van der Waals surface area contributed by atoms with E-state index in [4.69, 9.17) is 26.6 Å². The second-order valence-corrected chi connectivity index (χ2v) is 26.9. The highest BCUT2D eigenvalue weighted by Crippen LogP contribution is 2.67. The fourth-order valence-electron chi connectivity index (χ4n) is 14.3. The summed E-state index contributed by atoms with van der Waals surface area (Å²) in [6.45, 7) is 35.6. The van der Waals surface area contributed by atoms with Crippen LogP contribution in [-0.2, 0) is 36.1 Å². The normalized spacial score (nSPS) is 47.9. The molecule has 4 bridgehead atoms. The van der Waals surface area contributed by atoms with E-state index in [-0.39, 0.29) is 46.3 Å². The number of fused-ring (bicyclic) bond motifs is 4. The van der Waals surface area contributed by atoms with Crippen LogP contribution in [0.3, 0.4) is 0 Å². The van der Waals surface area contributed by atoms with Crippen LogP contribution in [0.15, 0.2) is 0 Å². The van der Waals surface area contributed by atoms with Gasteiger partial charge in [0.25, 0.3) is 0 Å². The van der Waals surface area contributed by atoms with Crippen LogP contribution >= 0.6 is 0 Å². The topological polar surface area (TPSA) is 89.5 Å². The summed E-state index contributed by atoms with van der Waals surface area (Å²) in [5.41, 5.74) is -4.36. The molecule has 0 aromatic carbocycles. The molecule has 4 saturated heterocycles. The average molecular weight is 875 g/mol. The molecule has 0 spiro atoms. The van der Waals surface area contributed by atoms with Gasteiger partial charge in [-0.25, -0.2) is 0 Å². The van der Waals surface area contributed by atoms with Gasteiger partial charge in [-0.2, -0.15) is 0 Å². The monoisotopic (exact) mass is 875 g/mol. The second-order valence-electron chi connectivity index (χ2n) is 22.4. The first-order valence-corrected chi connectivity index (χ1v) is 28.8.